The van der Waals surface area contributed by atoms with E-state index in [9.17, 15) is 9.59 Å². The van der Waals surface area contributed by atoms with Gasteiger partial charge >= 0.3 is 5.97 Å². The fourth-order valence-corrected chi connectivity index (χ4v) is 1.87. The van der Waals surface area contributed by atoms with Crippen molar-refractivity contribution in [2.45, 2.75) is 31.8 Å². The summed E-state index contributed by atoms with van der Waals surface area (Å²) in [6, 6.07) is -0.106. The molecule has 1 amide bonds. The van der Waals surface area contributed by atoms with E-state index in [0.29, 0.717) is 19.2 Å². The molecule has 0 aromatic heterocycles. The zero-order chi connectivity index (χ0) is 13.5. The molecule has 1 aliphatic rings. The van der Waals surface area contributed by atoms with Crippen LogP contribution >= 0.6 is 0 Å². The molecule has 1 N–H and O–H groups in total. The van der Waals surface area contributed by atoms with Crippen molar-refractivity contribution in [2.75, 3.05) is 33.9 Å². The van der Waals surface area contributed by atoms with E-state index in [0.717, 1.165) is 19.4 Å². The predicted octanol–water partition coefficient (Wildman–Crippen LogP) is -0.225. The third-order valence-electron chi connectivity index (χ3n) is 2.93. The first-order chi connectivity index (χ1) is 8.58. The Kier molecular flexibility index (Phi) is 6.07. The highest BCUT2D eigenvalue weighted by Crippen LogP contribution is 2.26. The molecule has 0 heterocycles. The summed E-state index contributed by atoms with van der Waals surface area (Å²) in [7, 11) is 2.98. The van der Waals surface area contributed by atoms with Gasteiger partial charge in [0.25, 0.3) is 0 Å². The fourth-order valence-electron chi connectivity index (χ4n) is 1.87. The molecular weight excluding hydrogens is 236 g/mol. The van der Waals surface area contributed by atoms with Crippen LogP contribution < -0.4 is 5.32 Å². The maximum atomic E-state index is 11.6. The van der Waals surface area contributed by atoms with Gasteiger partial charge in [-0.1, -0.05) is 0 Å². The van der Waals surface area contributed by atoms with Crippen molar-refractivity contribution < 1.29 is 19.1 Å². The molecule has 1 atom stereocenters. The lowest BCUT2D eigenvalue weighted by atomic mass is 10.2. The molecule has 1 aliphatic carbocycles. The van der Waals surface area contributed by atoms with E-state index in [-0.39, 0.29) is 5.91 Å². The topological polar surface area (TPSA) is 67.9 Å². The number of nitrogens with zero attached hydrogens (tertiary/aromatic N) is 1. The SMILES string of the molecule is COCCN(CC(NC(C)=O)C(=O)OC)C1CC1. The smallest absolute Gasteiger partial charge is 0.329 e. The molecule has 1 fully saturated rings. The minimum Gasteiger partial charge on any atom is -0.467 e. The number of rotatable bonds is 8. The van der Waals surface area contributed by atoms with Crippen molar-refractivity contribution in [1.82, 2.24) is 10.2 Å². The molecule has 0 aromatic rings. The van der Waals surface area contributed by atoms with E-state index in [2.05, 4.69) is 10.2 Å². The van der Waals surface area contributed by atoms with E-state index in [1.165, 1.54) is 14.0 Å². The summed E-state index contributed by atoms with van der Waals surface area (Å²) in [6.45, 7) is 3.24. The molecule has 1 rings (SSSR count). The number of carbonyl (C=O) groups excluding carboxylic acids is 2. The first-order valence-electron chi connectivity index (χ1n) is 6.16. The second-order valence-corrected chi connectivity index (χ2v) is 4.50. The number of hydrogen-bond donors (Lipinski definition) is 1. The van der Waals surface area contributed by atoms with E-state index >= 15 is 0 Å². The van der Waals surface area contributed by atoms with Crippen LogP contribution in [-0.2, 0) is 19.1 Å². The van der Waals surface area contributed by atoms with Gasteiger partial charge in [-0.15, -0.1) is 0 Å². The number of amides is 1. The molecule has 104 valence electrons. The maximum Gasteiger partial charge on any atom is 0.329 e. The molecule has 0 bridgehead atoms. The van der Waals surface area contributed by atoms with Gasteiger partial charge in [-0.2, -0.15) is 0 Å². The van der Waals surface area contributed by atoms with Crippen LogP contribution in [0.2, 0.25) is 0 Å². The summed E-state index contributed by atoms with van der Waals surface area (Å²) < 4.78 is 9.76. The Hall–Kier alpha value is -1.14. The van der Waals surface area contributed by atoms with E-state index in [4.69, 9.17) is 9.47 Å². The number of hydrogen-bond acceptors (Lipinski definition) is 5. The highest BCUT2D eigenvalue weighted by molar-refractivity contribution is 5.83. The molecule has 0 aromatic carbocycles. The molecule has 6 heteroatoms. The van der Waals surface area contributed by atoms with E-state index in [1.54, 1.807) is 7.11 Å². The van der Waals surface area contributed by atoms with Gasteiger partial charge in [0.2, 0.25) is 5.91 Å². The third kappa shape index (κ3) is 5.01. The maximum absolute atomic E-state index is 11.6. The second kappa shape index (κ2) is 7.33. The molecule has 0 saturated heterocycles. The van der Waals surface area contributed by atoms with E-state index in [1.807, 2.05) is 0 Å². The Morgan fingerprint density at radius 3 is 2.50 bits per heavy atom. The molecule has 18 heavy (non-hydrogen) atoms. The van der Waals surface area contributed by atoms with Crippen molar-refractivity contribution in [2.24, 2.45) is 0 Å². The summed E-state index contributed by atoms with van der Waals surface area (Å²) in [4.78, 5) is 24.9. The first-order valence-corrected chi connectivity index (χ1v) is 6.16. The monoisotopic (exact) mass is 258 g/mol. The summed E-state index contributed by atoms with van der Waals surface area (Å²) in [5.41, 5.74) is 0. The van der Waals surface area contributed by atoms with Gasteiger partial charge in [-0.25, -0.2) is 4.79 Å². The summed E-state index contributed by atoms with van der Waals surface area (Å²) in [5, 5.41) is 2.62. The minimum atomic E-state index is -0.607. The highest BCUT2D eigenvalue weighted by Gasteiger charge is 2.32. The van der Waals surface area contributed by atoms with Crippen LogP contribution in [0.15, 0.2) is 0 Å². The largest absolute Gasteiger partial charge is 0.467 e. The van der Waals surface area contributed by atoms with Gasteiger partial charge in [0.15, 0.2) is 0 Å². The predicted molar refractivity (Wildman–Crippen MR) is 66.1 cm³/mol. The normalized spacial score (nSPS) is 16.4. The lowest BCUT2D eigenvalue weighted by molar-refractivity contribution is -0.145. The van der Waals surface area contributed by atoms with Crippen molar-refractivity contribution in [3.63, 3.8) is 0 Å². The van der Waals surface area contributed by atoms with Crippen molar-refractivity contribution >= 4 is 11.9 Å². The summed E-state index contributed by atoms with van der Waals surface area (Å²) in [5.74, 6) is -0.638. The molecular formula is C12H22N2O4. The minimum absolute atomic E-state index is 0.229. The summed E-state index contributed by atoms with van der Waals surface area (Å²) in [6.07, 6.45) is 2.27. The zero-order valence-electron chi connectivity index (χ0n) is 11.3. The third-order valence-corrected chi connectivity index (χ3v) is 2.93. The van der Waals surface area contributed by atoms with Crippen molar-refractivity contribution in [3.8, 4) is 0 Å². The molecule has 1 saturated carbocycles. The van der Waals surface area contributed by atoms with Gasteiger partial charge in [-0.05, 0) is 12.8 Å². The Labute approximate surface area is 108 Å². The standard InChI is InChI=1S/C12H22N2O4/c1-9(15)13-11(12(16)18-3)8-14(6-7-17-2)10-4-5-10/h10-11H,4-8H2,1-3H3,(H,13,15). The Morgan fingerprint density at radius 2 is 2.06 bits per heavy atom. The van der Waals surface area contributed by atoms with Crippen LogP contribution in [0.3, 0.4) is 0 Å². The number of methoxy groups -OCH3 is 2. The lowest BCUT2D eigenvalue weighted by Crippen LogP contribution is -2.49. The quantitative estimate of drug-likeness (QED) is 0.609. The average Bonchev–Trinajstić information content (AvgIpc) is 3.15. The zero-order valence-corrected chi connectivity index (χ0v) is 11.3. The lowest BCUT2D eigenvalue weighted by Gasteiger charge is -2.26. The fraction of sp³-hybridized carbons (Fsp3) is 0.833. The first kappa shape index (κ1) is 14.9. The van der Waals surface area contributed by atoms with Crippen molar-refractivity contribution in [1.29, 1.82) is 0 Å². The molecule has 0 radical (unpaired) electrons. The molecule has 0 aliphatic heterocycles. The van der Waals surface area contributed by atoms with Crippen LogP contribution in [0.1, 0.15) is 19.8 Å². The van der Waals surface area contributed by atoms with Gasteiger partial charge in [0, 0.05) is 33.2 Å². The van der Waals surface area contributed by atoms with Gasteiger partial charge in [0.05, 0.1) is 13.7 Å². The Balaban J connectivity index is 2.54. The number of carbonyl (C=O) groups is 2. The average molecular weight is 258 g/mol. The van der Waals surface area contributed by atoms with Crippen molar-refractivity contribution in [3.05, 3.63) is 0 Å². The Morgan fingerprint density at radius 1 is 1.39 bits per heavy atom. The van der Waals surface area contributed by atoms with Crippen LogP contribution in [0, 0.1) is 0 Å². The van der Waals surface area contributed by atoms with Crippen LogP contribution in [0.25, 0.3) is 0 Å². The molecule has 6 nitrogen and oxygen atoms in total. The van der Waals surface area contributed by atoms with Crippen LogP contribution in [0.5, 0.6) is 0 Å². The number of nitrogens with one attached hydrogen (secondary N) is 1. The van der Waals surface area contributed by atoms with Gasteiger partial charge < -0.3 is 14.8 Å². The Bertz CT molecular complexity index is 292. The second-order valence-electron chi connectivity index (χ2n) is 4.50. The van der Waals surface area contributed by atoms with E-state index < -0.39 is 12.0 Å². The van der Waals surface area contributed by atoms with Gasteiger partial charge in [-0.3, -0.25) is 9.69 Å². The highest BCUT2D eigenvalue weighted by atomic mass is 16.5. The molecule has 1 unspecified atom stereocenters. The number of esters is 1. The van der Waals surface area contributed by atoms with Crippen LogP contribution in [0.4, 0.5) is 0 Å². The van der Waals surface area contributed by atoms with Gasteiger partial charge in [0.1, 0.15) is 6.04 Å². The van der Waals surface area contributed by atoms with Crippen LogP contribution in [-0.4, -0.2) is 62.8 Å². The summed E-state index contributed by atoms with van der Waals surface area (Å²) >= 11 is 0. The number of ether oxygens (including phenoxy) is 2. The molecule has 0 spiro atoms.